The molecule has 0 saturated heterocycles. The zero-order valence-electron chi connectivity index (χ0n) is 10.3. The third-order valence-corrected chi connectivity index (χ3v) is 2.87. The van der Waals surface area contributed by atoms with Gasteiger partial charge in [0.15, 0.2) is 5.37 Å². The van der Waals surface area contributed by atoms with Crippen LogP contribution in [0.2, 0.25) is 0 Å². The molecule has 104 valence electrons. The molecule has 0 radical (unpaired) electrons. The number of carbonyl (C=O) groups is 2. The molecule has 1 unspecified atom stereocenters. The minimum atomic E-state index is -4.58. The van der Waals surface area contributed by atoms with E-state index in [1.54, 1.807) is 6.92 Å². The molecule has 8 nitrogen and oxygen atoms in total. The molecule has 1 atom stereocenters. The Balaban J connectivity index is 5.12. The molecule has 0 aromatic carbocycles. The molecule has 2 amide bonds. The van der Waals surface area contributed by atoms with Gasteiger partial charge in [-0.3, -0.25) is 4.55 Å². The summed E-state index contributed by atoms with van der Waals surface area (Å²) in [6.07, 6.45) is 0. The number of hydrogen-bond acceptors (Lipinski definition) is 5. The lowest BCUT2D eigenvalue weighted by atomic mass is 10.4. The second-order valence-corrected chi connectivity index (χ2v) is 5.15. The van der Waals surface area contributed by atoms with Crippen LogP contribution >= 0.6 is 0 Å². The Kier molecular flexibility index (Phi) is 5.79. The Labute approximate surface area is 105 Å². The van der Waals surface area contributed by atoms with Gasteiger partial charge < -0.3 is 10.2 Å². The van der Waals surface area contributed by atoms with E-state index in [2.05, 4.69) is 16.7 Å². The van der Waals surface area contributed by atoms with E-state index < -0.39 is 27.5 Å². The van der Waals surface area contributed by atoms with Crippen molar-refractivity contribution in [2.45, 2.75) is 26.1 Å². The van der Waals surface area contributed by atoms with Gasteiger partial charge in [0.1, 0.15) is 0 Å². The molecule has 0 heterocycles. The molecule has 0 fully saturated rings. The number of nitrogens with zero attached hydrogens (tertiary/aromatic N) is 1. The van der Waals surface area contributed by atoms with Gasteiger partial charge in [0.05, 0.1) is 0 Å². The summed E-state index contributed by atoms with van der Waals surface area (Å²) in [5.41, 5.74) is -0.0214. The van der Waals surface area contributed by atoms with Crippen molar-refractivity contribution in [2.75, 3.05) is 6.54 Å². The Hall–Kier alpha value is -1.61. The van der Waals surface area contributed by atoms with Gasteiger partial charge in [0.25, 0.3) is 10.1 Å². The lowest BCUT2D eigenvalue weighted by molar-refractivity contribution is -0.173. The van der Waals surface area contributed by atoms with Crippen LogP contribution in [-0.4, -0.2) is 42.0 Å². The minimum Gasteiger partial charge on any atom is -0.336 e. The van der Waals surface area contributed by atoms with E-state index >= 15 is 0 Å². The molecule has 0 aromatic heterocycles. The van der Waals surface area contributed by atoms with Gasteiger partial charge in [-0.2, -0.15) is 8.42 Å². The van der Waals surface area contributed by atoms with Gasteiger partial charge in [-0.25, -0.2) is 9.59 Å². The first-order chi connectivity index (χ1) is 8.11. The van der Waals surface area contributed by atoms with Crippen LogP contribution in [0, 0.1) is 0 Å². The molecule has 18 heavy (non-hydrogen) atoms. The van der Waals surface area contributed by atoms with Crippen molar-refractivity contribution >= 4 is 22.1 Å². The van der Waals surface area contributed by atoms with Crippen molar-refractivity contribution in [3.63, 3.8) is 0 Å². The van der Waals surface area contributed by atoms with Crippen molar-refractivity contribution < 1.29 is 27.4 Å². The predicted octanol–water partition coefficient (Wildman–Crippen LogP) is 0.286. The average molecular weight is 280 g/mol. The number of rotatable bonds is 4. The number of amides is 2. The van der Waals surface area contributed by atoms with Crippen LogP contribution in [-0.2, 0) is 19.8 Å². The number of urea groups is 1. The fourth-order valence-electron chi connectivity index (χ4n) is 0.798. The van der Waals surface area contributed by atoms with Crippen LogP contribution in [0.25, 0.3) is 0 Å². The first-order valence-electron chi connectivity index (χ1n) is 5.02. The molecule has 0 saturated carbocycles. The van der Waals surface area contributed by atoms with E-state index in [-0.39, 0.29) is 17.2 Å². The van der Waals surface area contributed by atoms with Crippen molar-refractivity contribution in [3.8, 4) is 0 Å². The van der Waals surface area contributed by atoms with Crippen molar-refractivity contribution in [2.24, 2.45) is 0 Å². The molecule has 0 spiro atoms. The molecular weight excluding hydrogens is 264 g/mol. The van der Waals surface area contributed by atoms with Crippen LogP contribution in [0.5, 0.6) is 0 Å². The number of hydroxylamine groups is 2. The summed E-state index contributed by atoms with van der Waals surface area (Å²) >= 11 is 0. The summed E-state index contributed by atoms with van der Waals surface area (Å²) < 4.78 is 30.8. The van der Waals surface area contributed by atoms with E-state index in [4.69, 9.17) is 4.55 Å². The quantitative estimate of drug-likeness (QED) is 0.434. The van der Waals surface area contributed by atoms with Crippen LogP contribution in [0.15, 0.2) is 12.2 Å². The first-order valence-corrected chi connectivity index (χ1v) is 6.52. The molecule has 0 aliphatic heterocycles. The van der Waals surface area contributed by atoms with E-state index in [1.165, 1.54) is 6.92 Å². The summed E-state index contributed by atoms with van der Waals surface area (Å²) in [7, 11) is -4.58. The fraction of sp³-hybridized carbons (Fsp3) is 0.556. The average Bonchev–Trinajstić information content (AvgIpc) is 2.23. The summed E-state index contributed by atoms with van der Waals surface area (Å²) in [6, 6.07) is -0.961. The highest BCUT2D eigenvalue weighted by Crippen LogP contribution is 2.09. The third-order valence-electron chi connectivity index (χ3n) is 1.82. The molecule has 0 aliphatic carbocycles. The normalized spacial score (nSPS) is 12.4. The maximum atomic E-state index is 11.5. The van der Waals surface area contributed by atoms with Crippen LogP contribution in [0.3, 0.4) is 0 Å². The monoisotopic (exact) mass is 280 g/mol. The number of carbonyl (C=O) groups excluding carboxylic acids is 2. The third kappa shape index (κ3) is 4.72. The highest BCUT2D eigenvalue weighted by Gasteiger charge is 2.33. The van der Waals surface area contributed by atoms with Crippen LogP contribution < -0.4 is 5.32 Å². The van der Waals surface area contributed by atoms with E-state index in [1.807, 2.05) is 0 Å². The van der Waals surface area contributed by atoms with E-state index in [0.29, 0.717) is 0 Å². The molecule has 0 rings (SSSR count). The second-order valence-electron chi connectivity index (χ2n) is 3.43. The van der Waals surface area contributed by atoms with E-state index in [9.17, 15) is 18.0 Å². The summed E-state index contributed by atoms with van der Waals surface area (Å²) in [5.74, 6) is -0.975. The van der Waals surface area contributed by atoms with Gasteiger partial charge in [-0.1, -0.05) is 6.58 Å². The Morgan fingerprint density at radius 2 is 2.00 bits per heavy atom. The topological polar surface area (TPSA) is 113 Å². The van der Waals surface area contributed by atoms with Gasteiger partial charge in [-0.15, -0.1) is 5.06 Å². The molecule has 0 aromatic rings. The smallest absolute Gasteiger partial charge is 0.336 e. The maximum absolute atomic E-state index is 11.5. The number of nitrogens with one attached hydrogen (secondary N) is 1. The predicted molar refractivity (Wildman–Crippen MR) is 62.8 cm³/mol. The van der Waals surface area contributed by atoms with Crippen molar-refractivity contribution in [1.29, 1.82) is 0 Å². The summed E-state index contributed by atoms with van der Waals surface area (Å²) in [5, 5.41) is 0.764. The van der Waals surface area contributed by atoms with Gasteiger partial charge in [-0.05, 0) is 20.8 Å². The highest BCUT2D eigenvalue weighted by molar-refractivity contribution is 7.86. The molecule has 0 bridgehead atoms. The standard InChI is InChI=1S/C9H16N2O6S/c1-5-10-9(13)11(7(4)18(14,15)16)17-8(12)6(2)3/h7H,2,5H2,1,3-4H3,(H,10,13)(H,14,15,16). The molecule has 9 heteroatoms. The zero-order chi connectivity index (χ0) is 14.5. The molecular formula is C9H16N2O6S. The van der Waals surface area contributed by atoms with Gasteiger partial charge in [0.2, 0.25) is 0 Å². The van der Waals surface area contributed by atoms with Gasteiger partial charge in [0, 0.05) is 12.1 Å². The SMILES string of the molecule is C=C(C)C(=O)ON(C(=O)NCC)C(C)S(=O)(=O)O. The summed E-state index contributed by atoms with van der Waals surface area (Å²) in [6.45, 7) is 7.40. The Bertz CT molecular complexity index is 444. The second kappa shape index (κ2) is 6.36. The lowest BCUT2D eigenvalue weighted by Gasteiger charge is -2.25. The zero-order valence-corrected chi connectivity index (χ0v) is 11.2. The fourth-order valence-corrected chi connectivity index (χ4v) is 1.18. The van der Waals surface area contributed by atoms with Gasteiger partial charge >= 0.3 is 12.0 Å². The Morgan fingerprint density at radius 1 is 1.50 bits per heavy atom. The largest absolute Gasteiger partial charge is 0.358 e. The Morgan fingerprint density at radius 3 is 2.33 bits per heavy atom. The first kappa shape index (κ1) is 16.4. The van der Waals surface area contributed by atoms with E-state index in [0.717, 1.165) is 6.92 Å². The summed E-state index contributed by atoms with van der Waals surface area (Å²) in [4.78, 5) is 27.4. The molecule has 2 N–H and O–H groups in total. The minimum absolute atomic E-state index is 0.0214. The van der Waals surface area contributed by atoms with Crippen LogP contribution in [0.1, 0.15) is 20.8 Å². The number of hydrogen-bond donors (Lipinski definition) is 2. The molecule has 0 aliphatic rings. The lowest BCUT2D eigenvalue weighted by Crippen LogP contribution is -2.49. The van der Waals surface area contributed by atoms with Crippen molar-refractivity contribution in [1.82, 2.24) is 10.4 Å². The highest BCUT2D eigenvalue weighted by atomic mass is 32.2. The van der Waals surface area contributed by atoms with Crippen LogP contribution in [0.4, 0.5) is 4.79 Å². The maximum Gasteiger partial charge on any atom is 0.358 e. The van der Waals surface area contributed by atoms with Crippen molar-refractivity contribution in [3.05, 3.63) is 12.2 Å².